The van der Waals surface area contributed by atoms with Gasteiger partial charge in [-0.2, -0.15) is 0 Å². The fourth-order valence-corrected chi connectivity index (χ4v) is 3.03. The smallest absolute Gasteiger partial charge is 0.323 e. The number of rotatable bonds is 8. The fraction of sp³-hybridized carbons (Fsp3) is 0.444. The molecule has 8 heteroatoms. The van der Waals surface area contributed by atoms with E-state index in [1.165, 1.54) is 28.4 Å². The van der Waals surface area contributed by atoms with Gasteiger partial charge in [0.05, 0.1) is 8.95 Å². The molecule has 0 aliphatic heterocycles. The molecule has 0 unspecified atom stereocenters. The van der Waals surface area contributed by atoms with Gasteiger partial charge < -0.3 is 28.4 Å². The molecule has 26 heavy (non-hydrogen) atoms. The summed E-state index contributed by atoms with van der Waals surface area (Å²) in [4.78, 5) is 0. The molecule has 144 valence electrons. The largest absolute Gasteiger partial charge is 0.438 e. The fourth-order valence-electron chi connectivity index (χ4n) is 2.14. The van der Waals surface area contributed by atoms with Crippen LogP contribution < -0.4 is 9.47 Å². The van der Waals surface area contributed by atoms with Gasteiger partial charge in [0.25, 0.3) is 0 Å². The summed E-state index contributed by atoms with van der Waals surface area (Å²) in [5, 5.41) is 1.88. The molecule has 0 spiro atoms. The highest BCUT2D eigenvalue weighted by molar-refractivity contribution is 9.11. The van der Waals surface area contributed by atoms with E-state index in [1.54, 1.807) is 13.8 Å². The Balaban J connectivity index is 2.44. The number of halogens is 2. The van der Waals surface area contributed by atoms with Gasteiger partial charge in [-0.05, 0) is 66.9 Å². The maximum atomic E-state index is 5.85. The molecule has 6 nitrogen and oxygen atoms in total. The van der Waals surface area contributed by atoms with Crippen molar-refractivity contribution in [2.75, 3.05) is 28.4 Å². The van der Waals surface area contributed by atoms with E-state index in [1.807, 2.05) is 24.3 Å². The van der Waals surface area contributed by atoms with Gasteiger partial charge >= 0.3 is 11.9 Å². The van der Waals surface area contributed by atoms with Crippen molar-refractivity contribution in [3.8, 4) is 11.5 Å². The highest BCUT2D eigenvalue weighted by Crippen LogP contribution is 2.38. The van der Waals surface area contributed by atoms with E-state index in [-0.39, 0.29) is 0 Å². The van der Waals surface area contributed by atoms with Crippen LogP contribution in [0.3, 0.4) is 0 Å². The quantitative estimate of drug-likeness (QED) is 0.479. The summed E-state index contributed by atoms with van der Waals surface area (Å²) in [6, 6.07) is 7.62. The lowest BCUT2D eigenvalue weighted by atomic mass is 10.1. The normalized spacial score (nSPS) is 12.5. The molecule has 0 saturated carbocycles. The minimum absolute atomic E-state index is 0.586. The highest BCUT2D eigenvalue weighted by atomic mass is 79.9. The van der Waals surface area contributed by atoms with Gasteiger partial charge in [-0.3, -0.25) is 0 Å². The number of methoxy groups -OCH3 is 4. The van der Waals surface area contributed by atoms with Gasteiger partial charge in [-0.15, -0.1) is 0 Å². The van der Waals surface area contributed by atoms with Crippen LogP contribution in [0.2, 0.25) is 0 Å². The zero-order valence-corrected chi connectivity index (χ0v) is 18.7. The average Bonchev–Trinajstić information content (AvgIpc) is 2.63. The topological polar surface area (TPSA) is 55.4 Å². The van der Waals surface area contributed by atoms with Gasteiger partial charge in [-0.25, -0.2) is 0 Å². The average molecular weight is 494 g/mol. The number of fused-ring (bicyclic) bond motifs is 1. The molecule has 0 amide bonds. The van der Waals surface area contributed by atoms with Crippen LogP contribution in [0.5, 0.6) is 11.5 Å². The number of ether oxygens (including phenoxy) is 6. The standard InChI is InChI=1S/C18H22Br2O6/c1-17(21-3,22-4)25-15-9-11-8-14(20)16(10-12(11)7-13(15)19)26-18(2,23-5)24-6/h7-10H,1-6H3. The second kappa shape index (κ2) is 8.41. The molecule has 0 heterocycles. The molecule has 0 aliphatic rings. The SMILES string of the molecule is COC(C)(OC)Oc1cc2cc(Br)c(OC(C)(OC)OC)cc2cc1Br. The zero-order valence-electron chi connectivity index (χ0n) is 15.5. The van der Waals surface area contributed by atoms with Crippen LogP contribution in [0.1, 0.15) is 13.8 Å². The van der Waals surface area contributed by atoms with Crippen molar-refractivity contribution < 1.29 is 28.4 Å². The molecule has 0 saturated heterocycles. The van der Waals surface area contributed by atoms with Crippen molar-refractivity contribution in [2.45, 2.75) is 25.8 Å². The van der Waals surface area contributed by atoms with E-state index >= 15 is 0 Å². The number of hydrogen-bond donors (Lipinski definition) is 0. The molecule has 0 radical (unpaired) electrons. The summed E-state index contributed by atoms with van der Waals surface area (Å²) in [5.41, 5.74) is 0. The maximum Gasteiger partial charge on any atom is 0.323 e. The second-order valence-electron chi connectivity index (χ2n) is 5.66. The first kappa shape index (κ1) is 21.4. The highest BCUT2D eigenvalue weighted by Gasteiger charge is 2.28. The summed E-state index contributed by atoms with van der Waals surface area (Å²) in [7, 11) is 6.06. The third-order valence-electron chi connectivity index (χ3n) is 4.02. The van der Waals surface area contributed by atoms with Crippen LogP contribution in [0.15, 0.2) is 33.2 Å². The summed E-state index contributed by atoms with van der Waals surface area (Å²) >= 11 is 7.04. The molecule has 2 aromatic carbocycles. The minimum Gasteiger partial charge on any atom is -0.438 e. The Morgan fingerprint density at radius 3 is 1.19 bits per heavy atom. The summed E-state index contributed by atoms with van der Waals surface area (Å²) in [6.07, 6.45) is 0. The first-order valence-electron chi connectivity index (χ1n) is 7.70. The van der Waals surface area contributed by atoms with Crippen LogP contribution in [0.25, 0.3) is 10.8 Å². The van der Waals surface area contributed by atoms with E-state index in [0.29, 0.717) is 11.5 Å². The number of hydrogen-bond acceptors (Lipinski definition) is 6. The van der Waals surface area contributed by atoms with Gasteiger partial charge in [0.1, 0.15) is 11.5 Å². The van der Waals surface area contributed by atoms with E-state index in [9.17, 15) is 0 Å². The Labute approximate surface area is 169 Å². The monoisotopic (exact) mass is 492 g/mol. The van der Waals surface area contributed by atoms with Gasteiger partial charge in [-0.1, -0.05) is 0 Å². The van der Waals surface area contributed by atoms with E-state index in [0.717, 1.165) is 19.7 Å². The Bertz CT molecular complexity index is 707. The van der Waals surface area contributed by atoms with Crippen LogP contribution >= 0.6 is 31.9 Å². The Kier molecular flexibility index (Phi) is 6.92. The predicted octanol–water partition coefficient (Wildman–Crippen LogP) is 5.06. The zero-order chi connectivity index (χ0) is 19.5. The van der Waals surface area contributed by atoms with Crippen LogP contribution in [-0.2, 0) is 18.9 Å². The molecular formula is C18H22Br2O6. The molecule has 0 atom stereocenters. The molecular weight excluding hydrogens is 472 g/mol. The third-order valence-corrected chi connectivity index (χ3v) is 5.26. The number of benzene rings is 2. The van der Waals surface area contributed by atoms with Gasteiger partial charge in [0.2, 0.25) is 0 Å². The summed E-state index contributed by atoms with van der Waals surface area (Å²) < 4.78 is 34.2. The lowest BCUT2D eigenvalue weighted by Crippen LogP contribution is -2.36. The minimum atomic E-state index is -1.19. The van der Waals surface area contributed by atoms with Gasteiger partial charge in [0.15, 0.2) is 0 Å². The van der Waals surface area contributed by atoms with Gasteiger partial charge in [0, 0.05) is 42.3 Å². The van der Waals surface area contributed by atoms with Crippen molar-refractivity contribution >= 4 is 42.6 Å². The molecule has 0 aromatic heterocycles. The van der Waals surface area contributed by atoms with Crippen molar-refractivity contribution in [3.63, 3.8) is 0 Å². The molecule has 0 bridgehead atoms. The lowest BCUT2D eigenvalue weighted by molar-refractivity contribution is -0.310. The predicted molar refractivity (Wildman–Crippen MR) is 105 cm³/mol. The van der Waals surface area contributed by atoms with Crippen LogP contribution in [0, 0.1) is 0 Å². The maximum absolute atomic E-state index is 5.85. The van der Waals surface area contributed by atoms with Crippen LogP contribution in [0.4, 0.5) is 0 Å². The third kappa shape index (κ3) is 4.68. The molecule has 0 N–H and O–H groups in total. The second-order valence-corrected chi connectivity index (χ2v) is 7.37. The van der Waals surface area contributed by atoms with Crippen molar-refractivity contribution in [1.82, 2.24) is 0 Å². The van der Waals surface area contributed by atoms with E-state index in [4.69, 9.17) is 28.4 Å². The lowest BCUT2D eigenvalue weighted by Gasteiger charge is -2.28. The van der Waals surface area contributed by atoms with Crippen LogP contribution in [-0.4, -0.2) is 40.4 Å². The Morgan fingerprint density at radius 2 is 0.923 bits per heavy atom. The molecule has 0 fully saturated rings. The van der Waals surface area contributed by atoms with Crippen molar-refractivity contribution in [3.05, 3.63) is 33.2 Å². The summed E-state index contributed by atoms with van der Waals surface area (Å²) in [6.45, 7) is 3.37. The molecule has 0 aliphatic carbocycles. The Hall–Kier alpha value is -0.900. The molecule has 2 rings (SSSR count). The Morgan fingerprint density at radius 1 is 0.615 bits per heavy atom. The van der Waals surface area contributed by atoms with E-state index in [2.05, 4.69) is 31.9 Å². The summed E-state index contributed by atoms with van der Waals surface area (Å²) in [5.74, 6) is -1.20. The van der Waals surface area contributed by atoms with Crippen molar-refractivity contribution in [2.24, 2.45) is 0 Å². The van der Waals surface area contributed by atoms with Crippen molar-refractivity contribution in [1.29, 1.82) is 0 Å². The van der Waals surface area contributed by atoms with E-state index < -0.39 is 11.9 Å². The first-order valence-corrected chi connectivity index (χ1v) is 9.29. The first-order chi connectivity index (χ1) is 12.2. The molecule has 2 aromatic rings.